The SMILES string of the molecule is CCOc1ccc(C(=O)N/N=C/c2ccc(OCc3ccc(C)cc3)cc2)cc1OC. The summed E-state index contributed by atoms with van der Waals surface area (Å²) in [6.07, 6.45) is 1.58. The summed E-state index contributed by atoms with van der Waals surface area (Å²) in [5.74, 6) is 1.52. The highest BCUT2D eigenvalue weighted by Crippen LogP contribution is 2.28. The molecule has 160 valence electrons. The van der Waals surface area contributed by atoms with Crippen molar-refractivity contribution in [1.82, 2.24) is 5.43 Å². The van der Waals surface area contributed by atoms with E-state index in [2.05, 4.69) is 41.7 Å². The van der Waals surface area contributed by atoms with E-state index in [0.717, 1.165) is 16.9 Å². The number of methoxy groups -OCH3 is 1. The molecule has 0 atom stereocenters. The molecule has 3 aromatic rings. The van der Waals surface area contributed by atoms with Crippen LogP contribution in [0, 0.1) is 6.92 Å². The van der Waals surface area contributed by atoms with Gasteiger partial charge in [0.2, 0.25) is 0 Å². The monoisotopic (exact) mass is 418 g/mol. The fourth-order valence-corrected chi connectivity index (χ4v) is 2.81. The number of nitrogens with zero attached hydrogens (tertiary/aromatic N) is 1. The van der Waals surface area contributed by atoms with Gasteiger partial charge in [-0.05, 0) is 67.4 Å². The standard InChI is InChI=1S/C25H26N2O4/c1-4-30-23-14-11-21(15-24(23)29-3)25(28)27-26-16-19-9-12-22(13-10-19)31-17-20-7-5-18(2)6-8-20/h5-16H,4,17H2,1-3H3,(H,27,28)/b26-16+. The molecule has 3 rings (SSSR count). The first kappa shape index (κ1) is 21.9. The third-order valence-corrected chi connectivity index (χ3v) is 4.51. The maximum Gasteiger partial charge on any atom is 0.271 e. The van der Waals surface area contributed by atoms with E-state index in [1.54, 1.807) is 24.4 Å². The van der Waals surface area contributed by atoms with Crippen molar-refractivity contribution in [1.29, 1.82) is 0 Å². The van der Waals surface area contributed by atoms with Crippen LogP contribution in [0.2, 0.25) is 0 Å². The molecule has 3 aromatic carbocycles. The van der Waals surface area contributed by atoms with Crippen molar-refractivity contribution >= 4 is 12.1 Å². The van der Waals surface area contributed by atoms with E-state index >= 15 is 0 Å². The van der Waals surface area contributed by atoms with Gasteiger partial charge >= 0.3 is 0 Å². The predicted octanol–water partition coefficient (Wildman–Crippen LogP) is 4.75. The summed E-state index contributed by atoms with van der Waals surface area (Å²) >= 11 is 0. The van der Waals surface area contributed by atoms with Gasteiger partial charge in [-0.2, -0.15) is 5.10 Å². The van der Waals surface area contributed by atoms with Crippen molar-refractivity contribution < 1.29 is 19.0 Å². The summed E-state index contributed by atoms with van der Waals surface area (Å²) in [6.45, 7) is 4.97. The fraction of sp³-hybridized carbons (Fsp3) is 0.200. The summed E-state index contributed by atoms with van der Waals surface area (Å²) in [5, 5.41) is 4.03. The van der Waals surface area contributed by atoms with Gasteiger partial charge in [0, 0.05) is 5.56 Å². The molecule has 0 unspecified atom stereocenters. The van der Waals surface area contributed by atoms with Gasteiger partial charge < -0.3 is 14.2 Å². The first-order valence-electron chi connectivity index (χ1n) is 10.0. The lowest BCUT2D eigenvalue weighted by Gasteiger charge is -2.10. The van der Waals surface area contributed by atoms with Crippen molar-refractivity contribution in [2.75, 3.05) is 13.7 Å². The minimum atomic E-state index is -0.337. The molecule has 0 aromatic heterocycles. The topological polar surface area (TPSA) is 69.2 Å². The number of hydrogen-bond donors (Lipinski definition) is 1. The second-order valence-corrected chi connectivity index (χ2v) is 6.84. The number of hydrogen-bond acceptors (Lipinski definition) is 5. The van der Waals surface area contributed by atoms with Crippen LogP contribution in [0.4, 0.5) is 0 Å². The highest BCUT2D eigenvalue weighted by Gasteiger charge is 2.10. The lowest BCUT2D eigenvalue weighted by Crippen LogP contribution is -2.17. The van der Waals surface area contributed by atoms with E-state index in [-0.39, 0.29) is 5.91 Å². The quantitative estimate of drug-likeness (QED) is 0.402. The molecule has 0 fully saturated rings. The third kappa shape index (κ3) is 6.34. The van der Waals surface area contributed by atoms with Gasteiger partial charge in [-0.3, -0.25) is 4.79 Å². The van der Waals surface area contributed by atoms with Crippen LogP contribution < -0.4 is 19.6 Å². The van der Waals surface area contributed by atoms with E-state index in [9.17, 15) is 4.79 Å². The van der Waals surface area contributed by atoms with Crippen molar-refractivity contribution in [2.24, 2.45) is 5.10 Å². The lowest BCUT2D eigenvalue weighted by molar-refractivity contribution is 0.0954. The minimum Gasteiger partial charge on any atom is -0.493 e. The number of nitrogens with one attached hydrogen (secondary N) is 1. The van der Waals surface area contributed by atoms with Gasteiger partial charge in [-0.1, -0.05) is 29.8 Å². The van der Waals surface area contributed by atoms with E-state index in [1.807, 2.05) is 31.2 Å². The molecule has 0 aliphatic heterocycles. The molecule has 0 spiro atoms. The highest BCUT2D eigenvalue weighted by atomic mass is 16.5. The molecule has 0 aliphatic rings. The Labute approximate surface area is 182 Å². The summed E-state index contributed by atoms with van der Waals surface area (Å²) in [6, 6.07) is 20.7. The van der Waals surface area contributed by atoms with Crippen LogP contribution in [-0.2, 0) is 6.61 Å². The first-order chi connectivity index (χ1) is 15.1. The Morgan fingerprint density at radius 2 is 1.71 bits per heavy atom. The van der Waals surface area contributed by atoms with Crippen molar-refractivity contribution in [2.45, 2.75) is 20.5 Å². The molecule has 0 radical (unpaired) electrons. The molecular weight excluding hydrogens is 392 g/mol. The fourth-order valence-electron chi connectivity index (χ4n) is 2.81. The number of amides is 1. The molecule has 0 saturated carbocycles. The van der Waals surface area contributed by atoms with E-state index in [0.29, 0.717) is 30.3 Å². The summed E-state index contributed by atoms with van der Waals surface area (Å²) in [5.41, 5.74) is 6.13. The third-order valence-electron chi connectivity index (χ3n) is 4.51. The van der Waals surface area contributed by atoms with Gasteiger partial charge in [0.05, 0.1) is 19.9 Å². The normalized spacial score (nSPS) is 10.7. The van der Waals surface area contributed by atoms with Crippen molar-refractivity contribution in [3.63, 3.8) is 0 Å². The molecule has 1 N–H and O–H groups in total. The Bertz CT molecular complexity index is 1030. The number of aryl methyl sites for hydroxylation is 1. The number of rotatable bonds is 9. The van der Waals surface area contributed by atoms with Gasteiger partial charge in [0.25, 0.3) is 5.91 Å². The zero-order chi connectivity index (χ0) is 22.1. The van der Waals surface area contributed by atoms with Crippen LogP contribution in [0.1, 0.15) is 34.0 Å². The molecule has 0 bridgehead atoms. The molecule has 1 amide bonds. The van der Waals surface area contributed by atoms with Gasteiger partial charge in [-0.25, -0.2) is 5.43 Å². The molecule has 0 heterocycles. The Hall–Kier alpha value is -3.80. The summed E-state index contributed by atoms with van der Waals surface area (Å²) < 4.78 is 16.5. The van der Waals surface area contributed by atoms with Crippen LogP contribution in [0.25, 0.3) is 0 Å². The van der Waals surface area contributed by atoms with Crippen LogP contribution >= 0.6 is 0 Å². The van der Waals surface area contributed by atoms with Crippen molar-refractivity contribution in [3.05, 3.63) is 89.0 Å². The van der Waals surface area contributed by atoms with E-state index in [1.165, 1.54) is 12.7 Å². The second-order valence-electron chi connectivity index (χ2n) is 6.84. The molecular formula is C25H26N2O4. The minimum absolute atomic E-state index is 0.337. The number of benzene rings is 3. The zero-order valence-electron chi connectivity index (χ0n) is 17.9. The van der Waals surface area contributed by atoms with Crippen LogP contribution in [0.15, 0.2) is 71.8 Å². The van der Waals surface area contributed by atoms with Crippen LogP contribution in [-0.4, -0.2) is 25.8 Å². The Morgan fingerprint density at radius 1 is 0.968 bits per heavy atom. The van der Waals surface area contributed by atoms with Gasteiger partial charge in [0.1, 0.15) is 12.4 Å². The van der Waals surface area contributed by atoms with Gasteiger partial charge in [-0.15, -0.1) is 0 Å². The Morgan fingerprint density at radius 3 is 2.39 bits per heavy atom. The molecule has 6 heteroatoms. The molecule has 0 saturated heterocycles. The molecule has 0 aliphatic carbocycles. The molecule has 6 nitrogen and oxygen atoms in total. The first-order valence-corrected chi connectivity index (χ1v) is 10.0. The predicted molar refractivity (Wildman–Crippen MR) is 121 cm³/mol. The summed E-state index contributed by atoms with van der Waals surface area (Å²) in [7, 11) is 1.53. The van der Waals surface area contributed by atoms with Crippen LogP contribution in [0.3, 0.4) is 0 Å². The Balaban J connectivity index is 1.53. The number of ether oxygens (including phenoxy) is 3. The van der Waals surface area contributed by atoms with E-state index < -0.39 is 0 Å². The van der Waals surface area contributed by atoms with Crippen LogP contribution in [0.5, 0.6) is 17.2 Å². The van der Waals surface area contributed by atoms with E-state index in [4.69, 9.17) is 14.2 Å². The zero-order valence-corrected chi connectivity index (χ0v) is 17.9. The number of hydrazone groups is 1. The number of carbonyl (C=O) groups excluding carboxylic acids is 1. The molecule has 31 heavy (non-hydrogen) atoms. The highest BCUT2D eigenvalue weighted by molar-refractivity contribution is 5.95. The smallest absolute Gasteiger partial charge is 0.271 e. The average molecular weight is 418 g/mol. The largest absolute Gasteiger partial charge is 0.493 e. The lowest BCUT2D eigenvalue weighted by atomic mass is 10.2. The average Bonchev–Trinajstić information content (AvgIpc) is 2.80. The maximum atomic E-state index is 12.3. The number of carbonyl (C=O) groups is 1. The second kappa shape index (κ2) is 10.8. The maximum absolute atomic E-state index is 12.3. The van der Waals surface area contributed by atoms with Gasteiger partial charge in [0.15, 0.2) is 11.5 Å². The Kier molecular flexibility index (Phi) is 7.65. The summed E-state index contributed by atoms with van der Waals surface area (Å²) in [4.78, 5) is 12.3. The van der Waals surface area contributed by atoms with Crippen molar-refractivity contribution in [3.8, 4) is 17.2 Å².